The number of carbonyl (C=O) groups is 2. The van der Waals surface area contributed by atoms with Gasteiger partial charge in [-0.1, -0.05) is 35.9 Å². The van der Waals surface area contributed by atoms with Crippen LogP contribution >= 0.6 is 11.6 Å². The predicted octanol–water partition coefficient (Wildman–Crippen LogP) is 6.22. The summed E-state index contributed by atoms with van der Waals surface area (Å²) >= 11 is 6.14. The van der Waals surface area contributed by atoms with Crippen molar-refractivity contribution in [3.05, 3.63) is 83.4 Å². The largest absolute Gasteiger partial charge is 0.489 e. The number of hydrogen-bond donors (Lipinski definition) is 1. The summed E-state index contributed by atoms with van der Waals surface area (Å²) in [5.74, 6) is -1.46. The zero-order chi connectivity index (χ0) is 26.8. The van der Waals surface area contributed by atoms with Gasteiger partial charge < -0.3 is 19.3 Å². The van der Waals surface area contributed by atoms with Crippen molar-refractivity contribution in [3.63, 3.8) is 0 Å². The lowest BCUT2D eigenvalue weighted by molar-refractivity contribution is -0.138. The molecule has 2 aromatic heterocycles. The highest BCUT2D eigenvalue weighted by Gasteiger charge is 2.27. The van der Waals surface area contributed by atoms with E-state index in [4.69, 9.17) is 21.4 Å². The molecule has 0 unspecified atom stereocenters. The number of pyridine rings is 1. The number of carboxylic acids is 1. The fourth-order valence-electron chi connectivity index (χ4n) is 5.01. The van der Waals surface area contributed by atoms with Crippen LogP contribution in [0.2, 0.25) is 5.02 Å². The smallest absolute Gasteiger partial charge is 0.307 e. The minimum atomic E-state index is -0.962. The van der Waals surface area contributed by atoms with E-state index in [9.17, 15) is 9.59 Å². The zero-order valence-corrected chi connectivity index (χ0v) is 21.6. The van der Waals surface area contributed by atoms with Gasteiger partial charge >= 0.3 is 5.97 Å². The molecule has 0 radical (unpaired) electrons. The molecule has 196 valence electrons. The third kappa shape index (κ3) is 5.36. The standard InChI is InChI=1S/C29H27ClFN3O4/c1-18(14-28(35)36)38-27-5-3-2-4-22(27)19-6-7-23(24(31)15-19)29(37)33-11-8-21(9-12-33)34-13-10-25-26(34)16-20(30)17-32-25/h2-7,10,13,15-18,21H,8-9,11-12,14H2,1H3,(H,35,36)/t18-/m1/s1. The van der Waals surface area contributed by atoms with Crippen LogP contribution in [0, 0.1) is 5.82 Å². The lowest BCUT2D eigenvalue weighted by atomic mass is 10.0. The van der Waals surface area contributed by atoms with E-state index < -0.39 is 17.9 Å². The Bertz CT molecular complexity index is 1500. The Morgan fingerprint density at radius 1 is 1.16 bits per heavy atom. The topological polar surface area (TPSA) is 84.7 Å². The minimum Gasteiger partial charge on any atom is -0.489 e. The second-order valence-corrected chi connectivity index (χ2v) is 9.96. The number of rotatable bonds is 7. The minimum absolute atomic E-state index is 0.0206. The van der Waals surface area contributed by atoms with Gasteiger partial charge in [0.05, 0.1) is 28.0 Å². The van der Waals surface area contributed by atoms with Crippen molar-refractivity contribution in [2.75, 3.05) is 13.1 Å². The van der Waals surface area contributed by atoms with Crippen LogP contribution in [0.5, 0.6) is 5.75 Å². The van der Waals surface area contributed by atoms with E-state index in [2.05, 4.69) is 9.55 Å². The molecule has 0 saturated carbocycles. The normalized spacial score (nSPS) is 15.0. The van der Waals surface area contributed by atoms with Crippen molar-refractivity contribution in [1.82, 2.24) is 14.5 Å². The maximum atomic E-state index is 15.2. The van der Waals surface area contributed by atoms with Crippen LogP contribution in [0.1, 0.15) is 42.6 Å². The van der Waals surface area contributed by atoms with Gasteiger partial charge in [0, 0.05) is 37.1 Å². The molecule has 1 fully saturated rings. The molecule has 1 aliphatic rings. The molecular weight excluding hydrogens is 509 g/mol. The molecule has 1 aliphatic heterocycles. The van der Waals surface area contributed by atoms with Gasteiger partial charge in [-0.3, -0.25) is 14.6 Å². The van der Waals surface area contributed by atoms with E-state index in [1.165, 1.54) is 12.1 Å². The van der Waals surface area contributed by atoms with E-state index in [1.54, 1.807) is 48.4 Å². The summed E-state index contributed by atoms with van der Waals surface area (Å²) in [6.07, 6.45) is 4.39. The number of ether oxygens (including phenoxy) is 1. The number of likely N-dealkylation sites (tertiary alicyclic amines) is 1. The van der Waals surface area contributed by atoms with Crippen LogP contribution in [-0.2, 0) is 4.79 Å². The number of benzene rings is 2. The van der Waals surface area contributed by atoms with Gasteiger partial charge in [-0.15, -0.1) is 0 Å². The van der Waals surface area contributed by atoms with E-state index in [1.807, 2.05) is 18.3 Å². The van der Waals surface area contributed by atoms with Crippen molar-refractivity contribution in [3.8, 4) is 16.9 Å². The molecule has 5 rings (SSSR count). The fourth-order valence-corrected chi connectivity index (χ4v) is 5.16. The van der Waals surface area contributed by atoms with E-state index in [-0.39, 0.29) is 23.9 Å². The molecule has 7 nitrogen and oxygen atoms in total. The molecule has 2 aromatic carbocycles. The lowest BCUT2D eigenvalue weighted by Crippen LogP contribution is -2.39. The number of nitrogens with zero attached hydrogens (tertiary/aromatic N) is 3. The lowest BCUT2D eigenvalue weighted by Gasteiger charge is -2.33. The number of carbonyl (C=O) groups excluding carboxylic acids is 1. The number of aromatic nitrogens is 2. The molecular formula is C29H27ClFN3O4. The zero-order valence-electron chi connectivity index (χ0n) is 20.8. The van der Waals surface area contributed by atoms with E-state index in [0.717, 1.165) is 23.9 Å². The Morgan fingerprint density at radius 2 is 1.92 bits per heavy atom. The highest BCUT2D eigenvalue weighted by Crippen LogP contribution is 2.33. The number of fused-ring (bicyclic) bond motifs is 1. The van der Waals surface area contributed by atoms with Crippen LogP contribution in [0.25, 0.3) is 22.2 Å². The fraction of sp³-hybridized carbons (Fsp3) is 0.276. The monoisotopic (exact) mass is 535 g/mol. The van der Waals surface area contributed by atoms with Gasteiger partial charge in [-0.25, -0.2) is 4.39 Å². The van der Waals surface area contributed by atoms with Gasteiger partial charge in [-0.05, 0) is 55.7 Å². The van der Waals surface area contributed by atoms with Crippen molar-refractivity contribution in [2.45, 2.75) is 38.3 Å². The number of hydrogen-bond acceptors (Lipinski definition) is 4. The van der Waals surface area contributed by atoms with Crippen LogP contribution in [0.15, 0.2) is 67.0 Å². The number of aliphatic carboxylic acids is 1. The Morgan fingerprint density at radius 3 is 2.66 bits per heavy atom. The summed E-state index contributed by atoms with van der Waals surface area (Å²) in [7, 11) is 0. The van der Waals surface area contributed by atoms with Gasteiger partial charge in [0.2, 0.25) is 0 Å². The molecule has 1 N–H and O–H groups in total. The van der Waals surface area contributed by atoms with Crippen molar-refractivity contribution in [2.24, 2.45) is 0 Å². The quantitative estimate of drug-likeness (QED) is 0.304. The predicted molar refractivity (Wildman–Crippen MR) is 143 cm³/mol. The van der Waals surface area contributed by atoms with Crippen LogP contribution < -0.4 is 4.74 Å². The maximum Gasteiger partial charge on any atom is 0.307 e. The second kappa shape index (κ2) is 10.8. The first kappa shape index (κ1) is 25.7. The first-order chi connectivity index (χ1) is 18.3. The average Bonchev–Trinajstić information content (AvgIpc) is 3.31. The third-order valence-electron chi connectivity index (χ3n) is 6.87. The van der Waals surface area contributed by atoms with Crippen molar-refractivity contribution in [1.29, 1.82) is 0 Å². The molecule has 0 bridgehead atoms. The first-order valence-corrected chi connectivity index (χ1v) is 12.9. The molecule has 1 atom stereocenters. The number of halogens is 2. The summed E-state index contributed by atoms with van der Waals surface area (Å²) in [6.45, 7) is 2.69. The van der Waals surface area contributed by atoms with Gasteiger partial charge in [0.15, 0.2) is 0 Å². The van der Waals surface area contributed by atoms with Crippen molar-refractivity contribution < 1.29 is 23.8 Å². The Balaban J connectivity index is 1.29. The molecule has 4 aromatic rings. The molecule has 38 heavy (non-hydrogen) atoms. The summed E-state index contributed by atoms with van der Waals surface area (Å²) in [5.41, 5.74) is 3.02. The van der Waals surface area contributed by atoms with Gasteiger partial charge in [-0.2, -0.15) is 0 Å². The first-order valence-electron chi connectivity index (χ1n) is 12.5. The van der Waals surface area contributed by atoms with Gasteiger partial charge in [0.1, 0.15) is 17.7 Å². The van der Waals surface area contributed by atoms with Crippen LogP contribution in [0.3, 0.4) is 0 Å². The summed E-state index contributed by atoms with van der Waals surface area (Å²) in [4.78, 5) is 30.3. The number of para-hydroxylation sites is 1. The molecule has 1 saturated heterocycles. The summed E-state index contributed by atoms with van der Waals surface area (Å²) in [5, 5.41) is 9.59. The number of piperidine rings is 1. The Kier molecular flexibility index (Phi) is 7.33. The Hall–Kier alpha value is -3.91. The summed E-state index contributed by atoms with van der Waals surface area (Å²) < 4.78 is 23.2. The molecule has 0 spiro atoms. The van der Waals surface area contributed by atoms with E-state index >= 15 is 4.39 Å². The highest BCUT2D eigenvalue weighted by molar-refractivity contribution is 6.31. The number of carboxylic acid groups (broad SMARTS) is 1. The maximum absolute atomic E-state index is 15.2. The Labute approximate surface area is 224 Å². The van der Waals surface area contributed by atoms with E-state index in [0.29, 0.717) is 35.0 Å². The van der Waals surface area contributed by atoms with Crippen molar-refractivity contribution >= 4 is 34.5 Å². The van der Waals surface area contributed by atoms with Gasteiger partial charge in [0.25, 0.3) is 5.91 Å². The molecule has 1 amide bonds. The number of amides is 1. The average molecular weight is 536 g/mol. The summed E-state index contributed by atoms with van der Waals surface area (Å²) in [6, 6.07) is 15.6. The highest BCUT2D eigenvalue weighted by atomic mass is 35.5. The molecule has 3 heterocycles. The van der Waals surface area contributed by atoms with Crippen LogP contribution in [-0.4, -0.2) is 50.6 Å². The van der Waals surface area contributed by atoms with Crippen LogP contribution in [0.4, 0.5) is 4.39 Å². The SMILES string of the molecule is C[C@H](CC(=O)O)Oc1ccccc1-c1ccc(C(=O)N2CCC(n3ccc4ncc(Cl)cc43)CC2)c(F)c1. The second-order valence-electron chi connectivity index (χ2n) is 9.52. The molecule has 9 heteroatoms. The third-order valence-corrected chi connectivity index (χ3v) is 7.07. The molecule has 0 aliphatic carbocycles.